The van der Waals surface area contributed by atoms with Crippen LogP contribution in [0.3, 0.4) is 0 Å². The normalized spacial score (nSPS) is 19.4. The number of nitrogens with one attached hydrogen (secondary N) is 1. The molecule has 0 aromatic carbocycles. The molecule has 2 heterocycles. The average molecular weight is 276 g/mol. The second kappa shape index (κ2) is 7.60. The molecule has 2 rings (SSSR count). The van der Waals surface area contributed by atoms with Gasteiger partial charge in [-0.3, -0.25) is 0 Å². The molecule has 0 amide bonds. The molecule has 1 aromatic heterocycles. The molecule has 1 saturated heterocycles. The van der Waals surface area contributed by atoms with Gasteiger partial charge in [-0.05, 0) is 51.0 Å². The highest BCUT2D eigenvalue weighted by Gasteiger charge is 2.21. The molecule has 1 aliphatic rings. The van der Waals surface area contributed by atoms with E-state index in [2.05, 4.69) is 54.3 Å². The van der Waals surface area contributed by atoms with Crippen LogP contribution in [-0.4, -0.2) is 50.2 Å². The fourth-order valence-electron chi connectivity index (χ4n) is 2.83. The first-order chi connectivity index (χ1) is 9.69. The number of aromatic nitrogens is 1. The molecule has 4 heteroatoms. The van der Waals surface area contributed by atoms with Crippen molar-refractivity contribution in [3.63, 3.8) is 0 Å². The molecule has 1 aliphatic heterocycles. The van der Waals surface area contributed by atoms with Gasteiger partial charge in [0.05, 0.1) is 5.69 Å². The molecule has 1 N–H and O–H groups in total. The third-order valence-corrected chi connectivity index (χ3v) is 3.94. The highest BCUT2D eigenvalue weighted by molar-refractivity contribution is 5.38. The SMILES string of the molecule is CCCNCc1cccc(N(C)CC2CCN(C)C2)n1. The lowest BCUT2D eigenvalue weighted by atomic mass is 10.1. The van der Waals surface area contributed by atoms with E-state index in [4.69, 9.17) is 4.98 Å². The van der Waals surface area contributed by atoms with Crippen molar-refractivity contribution < 1.29 is 0 Å². The fourth-order valence-corrected chi connectivity index (χ4v) is 2.83. The van der Waals surface area contributed by atoms with Crippen LogP contribution in [0.2, 0.25) is 0 Å². The first-order valence-electron chi connectivity index (χ1n) is 7.75. The van der Waals surface area contributed by atoms with Crippen molar-refractivity contribution in [1.82, 2.24) is 15.2 Å². The Bertz CT molecular complexity index is 407. The minimum absolute atomic E-state index is 0.772. The molecule has 0 spiro atoms. The minimum atomic E-state index is 0.772. The second-order valence-electron chi connectivity index (χ2n) is 5.96. The van der Waals surface area contributed by atoms with Crippen LogP contribution < -0.4 is 10.2 Å². The summed E-state index contributed by atoms with van der Waals surface area (Å²) in [5.41, 5.74) is 1.13. The number of hydrogen-bond acceptors (Lipinski definition) is 4. The van der Waals surface area contributed by atoms with Crippen molar-refractivity contribution in [1.29, 1.82) is 0 Å². The summed E-state index contributed by atoms with van der Waals surface area (Å²) in [6, 6.07) is 6.33. The van der Waals surface area contributed by atoms with E-state index in [1.165, 1.54) is 19.5 Å². The zero-order valence-corrected chi connectivity index (χ0v) is 13.1. The van der Waals surface area contributed by atoms with E-state index in [-0.39, 0.29) is 0 Å². The largest absolute Gasteiger partial charge is 0.359 e. The predicted octanol–water partition coefficient (Wildman–Crippen LogP) is 1.97. The van der Waals surface area contributed by atoms with Crippen LogP contribution >= 0.6 is 0 Å². The molecule has 0 saturated carbocycles. The molecule has 20 heavy (non-hydrogen) atoms. The van der Waals surface area contributed by atoms with Gasteiger partial charge in [0, 0.05) is 26.7 Å². The van der Waals surface area contributed by atoms with Gasteiger partial charge in [0.2, 0.25) is 0 Å². The lowest BCUT2D eigenvalue weighted by Gasteiger charge is -2.22. The Balaban J connectivity index is 1.88. The summed E-state index contributed by atoms with van der Waals surface area (Å²) < 4.78 is 0. The molecule has 1 unspecified atom stereocenters. The number of likely N-dealkylation sites (tertiary alicyclic amines) is 1. The molecule has 0 bridgehead atoms. The lowest BCUT2D eigenvalue weighted by Crippen LogP contribution is -2.28. The topological polar surface area (TPSA) is 31.4 Å². The van der Waals surface area contributed by atoms with Crippen LogP contribution in [-0.2, 0) is 6.54 Å². The van der Waals surface area contributed by atoms with Crippen LogP contribution in [0.4, 0.5) is 5.82 Å². The molecular formula is C16H28N4. The summed E-state index contributed by atoms with van der Waals surface area (Å²) >= 11 is 0. The highest BCUT2D eigenvalue weighted by Crippen LogP contribution is 2.18. The van der Waals surface area contributed by atoms with E-state index < -0.39 is 0 Å². The van der Waals surface area contributed by atoms with Crippen LogP contribution in [0.15, 0.2) is 18.2 Å². The molecule has 1 fully saturated rings. The Kier molecular flexibility index (Phi) is 5.80. The standard InChI is InChI=1S/C16H28N4/c1-4-9-17-11-15-6-5-7-16(18-15)20(3)13-14-8-10-19(2)12-14/h5-7,14,17H,4,8-13H2,1-3H3. The summed E-state index contributed by atoms with van der Waals surface area (Å²) in [4.78, 5) is 9.47. The van der Waals surface area contributed by atoms with Gasteiger partial charge in [0.15, 0.2) is 0 Å². The maximum absolute atomic E-state index is 4.76. The van der Waals surface area contributed by atoms with Crippen molar-refractivity contribution in [3.05, 3.63) is 23.9 Å². The molecule has 1 aromatic rings. The summed E-state index contributed by atoms with van der Waals surface area (Å²) in [7, 11) is 4.36. The number of hydrogen-bond donors (Lipinski definition) is 1. The van der Waals surface area contributed by atoms with Gasteiger partial charge in [-0.1, -0.05) is 13.0 Å². The average Bonchev–Trinajstić information content (AvgIpc) is 2.85. The minimum Gasteiger partial charge on any atom is -0.359 e. The Morgan fingerprint density at radius 2 is 2.30 bits per heavy atom. The highest BCUT2D eigenvalue weighted by atomic mass is 15.2. The number of anilines is 1. The molecule has 4 nitrogen and oxygen atoms in total. The molecule has 112 valence electrons. The summed E-state index contributed by atoms with van der Waals surface area (Å²) in [6.45, 7) is 7.64. The number of pyridine rings is 1. The number of rotatable bonds is 7. The Hall–Kier alpha value is -1.13. The van der Waals surface area contributed by atoms with Crippen LogP contribution in [0.1, 0.15) is 25.5 Å². The van der Waals surface area contributed by atoms with Gasteiger partial charge in [-0.25, -0.2) is 4.98 Å². The second-order valence-corrected chi connectivity index (χ2v) is 5.96. The van der Waals surface area contributed by atoms with E-state index >= 15 is 0 Å². The Morgan fingerprint density at radius 1 is 1.45 bits per heavy atom. The van der Waals surface area contributed by atoms with Gasteiger partial charge in [0.25, 0.3) is 0 Å². The van der Waals surface area contributed by atoms with Crippen molar-refractivity contribution in [3.8, 4) is 0 Å². The zero-order chi connectivity index (χ0) is 14.4. The summed E-state index contributed by atoms with van der Waals surface area (Å²) in [5, 5.41) is 3.41. The van der Waals surface area contributed by atoms with Gasteiger partial charge < -0.3 is 15.1 Å². The van der Waals surface area contributed by atoms with E-state index in [1.807, 2.05) is 0 Å². The quantitative estimate of drug-likeness (QED) is 0.772. The molecule has 1 atom stereocenters. The smallest absolute Gasteiger partial charge is 0.128 e. The van der Waals surface area contributed by atoms with Crippen molar-refractivity contribution >= 4 is 5.82 Å². The van der Waals surface area contributed by atoms with Crippen molar-refractivity contribution in [2.45, 2.75) is 26.3 Å². The first-order valence-corrected chi connectivity index (χ1v) is 7.75. The van der Waals surface area contributed by atoms with Gasteiger partial charge >= 0.3 is 0 Å². The molecule has 0 aliphatic carbocycles. The molecular weight excluding hydrogens is 248 g/mol. The Morgan fingerprint density at radius 3 is 3.00 bits per heavy atom. The Labute approximate surface area is 123 Å². The summed E-state index contributed by atoms with van der Waals surface area (Å²) in [6.07, 6.45) is 2.47. The van der Waals surface area contributed by atoms with Crippen molar-refractivity contribution in [2.24, 2.45) is 5.92 Å². The monoisotopic (exact) mass is 276 g/mol. The predicted molar refractivity (Wildman–Crippen MR) is 85.1 cm³/mol. The van der Waals surface area contributed by atoms with Crippen LogP contribution in [0, 0.1) is 5.92 Å². The van der Waals surface area contributed by atoms with E-state index in [9.17, 15) is 0 Å². The van der Waals surface area contributed by atoms with Crippen LogP contribution in [0.5, 0.6) is 0 Å². The van der Waals surface area contributed by atoms with Crippen molar-refractivity contribution in [2.75, 3.05) is 45.2 Å². The van der Waals surface area contributed by atoms with E-state index in [0.29, 0.717) is 0 Å². The van der Waals surface area contributed by atoms with Gasteiger partial charge in [0.1, 0.15) is 5.82 Å². The lowest BCUT2D eigenvalue weighted by molar-refractivity contribution is 0.395. The maximum Gasteiger partial charge on any atom is 0.128 e. The molecule has 0 radical (unpaired) electrons. The third kappa shape index (κ3) is 4.46. The summed E-state index contributed by atoms with van der Waals surface area (Å²) in [5.74, 6) is 1.86. The zero-order valence-electron chi connectivity index (χ0n) is 13.1. The van der Waals surface area contributed by atoms with Gasteiger partial charge in [-0.15, -0.1) is 0 Å². The number of nitrogens with zero attached hydrogens (tertiary/aromatic N) is 3. The third-order valence-electron chi connectivity index (χ3n) is 3.94. The van der Waals surface area contributed by atoms with Gasteiger partial charge in [-0.2, -0.15) is 0 Å². The first kappa shape index (κ1) is 15.3. The maximum atomic E-state index is 4.76. The van der Waals surface area contributed by atoms with E-state index in [1.54, 1.807) is 0 Å². The fraction of sp³-hybridized carbons (Fsp3) is 0.688. The van der Waals surface area contributed by atoms with Crippen LogP contribution in [0.25, 0.3) is 0 Å². The van der Waals surface area contributed by atoms with E-state index in [0.717, 1.165) is 43.5 Å².